The molecule has 1 unspecified atom stereocenters. The average Bonchev–Trinajstić information content (AvgIpc) is 2.44. The maximum absolute atomic E-state index is 13.6. The van der Waals surface area contributed by atoms with Crippen molar-refractivity contribution >= 4 is 17.6 Å². The van der Waals surface area contributed by atoms with E-state index in [9.17, 15) is 18.7 Å². The molecule has 0 saturated carbocycles. The molecular weight excluding hydrogens is 298 g/mol. The lowest BCUT2D eigenvalue weighted by molar-refractivity contribution is -0.141. The van der Waals surface area contributed by atoms with Crippen molar-refractivity contribution in [2.45, 2.75) is 12.8 Å². The molecule has 2 aromatic rings. The molecule has 2 nitrogen and oxygen atoms in total. The standard InChI is InChI=1S/C16H13ClF2O2/c17-13-3-1-10(2-4-13)7-12(16(20)21)8-11-9-14(18)5-6-15(11)19/h1-6,9,12H,7-8H2,(H,20,21). The lowest BCUT2D eigenvalue weighted by Gasteiger charge is -2.13. The van der Waals surface area contributed by atoms with Crippen molar-refractivity contribution in [3.63, 3.8) is 0 Å². The number of aliphatic carboxylic acids is 1. The van der Waals surface area contributed by atoms with E-state index in [2.05, 4.69) is 0 Å². The van der Waals surface area contributed by atoms with E-state index >= 15 is 0 Å². The zero-order valence-corrected chi connectivity index (χ0v) is 11.8. The molecule has 0 aliphatic carbocycles. The third kappa shape index (κ3) is 4.26. The summed E-state index contributed by atoms with van der Waals surface area (Å²) in [7, 11) is 0. The van der Waals surface area contributed by atoms with Crippen molar-refractivity contribution in [1.82, 2.24) is 0 Å². The molecule has 1 N–H and O–H groups in total. The maximum Gasteiger partial charge on any atom is 0.307 e. The van der Waals surface area contributed by atoms with Gasteiger partial charge in [0, 0.05) is 5.02 Å². The molecule has 0 fully saturated rings. The summed E-state index contributed by atoms with van der Waals surface area (Å²) < 4.78 is 26.7. The Labute approximate surface area is 126 Å². The summed E-state index contributed by atoms with van der Waals surface area (Å²) >= 11 is 5.77. The lowest BCUT2D eigenvalue weighted by Crippen LogP contribution is -2.19. The summed E-state index contributed by atoms with van der Waals surface area (Å²) in [5.74, 6) is -3.06. The van der Waals surface area contributed by atoms with Crippen LogP contribution >= 0.6 is 11.6 Å². The largest absolute Gasteiger partial charge is 0.481 e. The first kappa shape index (κ1) is 15.4. The minimum Gasteiger partial charge on any atom is -0.481 e. The van der Waals surface area contributed by atoms with Gasteiger partial charge in [0.25, 0.3) is 0 Å². The van der Waals surface area contributed by atoms with Gasteiger partial charge < -0.3 is 5.11 Å². The Morgan fingerprint density at radius 1 is 1.10 bits per heavy atom. The van der Waals surface area contributed by atoms with Gasteiger partial charge in [0.05, 0.1) is 5.92 Å². The first-order valence-corrected chi connectivity index (χ1v) is 6.74. The maximum atomic E-state index is 13.6. The predicted molar refractivity (Wildman–Crippen MR) is 76.3 cm³/mol. The molecule has 0 spiro atoms. The number of hydrogen-bond acceptors (Lipinski definition) is 1. The van der Waals surface area contributed by atoms with Crippen LogP contribution in [0.1, 0.15) is 11.1 Å². The van der Waals surface area contributed by atoms with Gasteiger partial charge in [-0.2, -0.15) is 0 Å². The van der Waals surface area contributed by atoms with Gasteiger partial charge in [-0.15, -0.1) is 0 Å². The molecular formula is C16H13ClF2O2. The van der Waals surface area contributed by atoms with Gasteiger partial charge in [-0.25, -0.2) is 8.78 Å². The molecule has 0 bridgehead atoms. The summed E-state index contributed by atoms with van der Waals surface area (Å²) in [5, 5.41) is 9.83. The minimum atomic E-state index is -1.05. The molecule has 0 aliphatic rings. The number of rotatable bonds is 5. The van der Waals surface area contributed by atoms with E-state index in [-0.39, 0.29) is 18.4 Å². The molecule has 110 valence electrons. The Bertz CT molecular complexity index is 641. The number of benzene rings is 2. The van der Waals surface area contributed by atoms with Crippen LogP contribution in [0.25, 0.3) is 0 Å². The van der Waals surface area contributed by atoms with Gasteiger partial charge in [-0.1, -0.05) is 23.7 Å². The number of carbonyl (C=O) groups is 1. The van der Waals surface area contributed by atoms with Gasteiger partial charge in [-0.3, -0.25) is 4.79 Å². The molecule has 2 aromatic carbocycles. The Hall–Kier alpha value is -1.94. The monoisotopic (exact) mass is 310 g/mol. The molecule has 0 aromatic heterocycles. The summed E-state index contributed by atoms with van der Waals surface area (Å²) in [6.45, 7) is 0. The topological polar surface area (TPSA) is 37.3 Å². The lowest BCUT2D eigenvalue weighted by atomic mass is 9.92. The Kier molecular flexibility index (Phi) is 4.91. The molecule has 21 heavy (non-hydrogen) atoms. The highest BCUT2D eigenvalue weighted by molar-refractivity contribution is 6.30. The summed E-state index contributed by atoms with van der Waals surface area (Å²) in [5.41, 5.74) is 0.847. The van der Waals surface area contributed by atoms with E-state index in [1.54, 1.807) is 24.3 Å². The van der Waals surface area contributed by atoms with E-state index in [1.165, 1.54) is 0 Å². The fourth-order valence-corrected chi connectivity index (χ4v) is 2.24. The Morgan fingerprint density at radius 3 is 2.38 bits per heavy atom. The number of halogens is 3. The Balaban J connectivity index is 2.17. The van der Waals surface area contributed by atoms with Gasteiger partial charge in [0.2, 0.25) is 0 Å². The SMILES string of the molecule is O=C(O)C(Cc1ccc(Cl)cc1)Cc1cc(F)ccc1F. The van der Waals surface area contributed by atoms with Gasteiger partial charge >= 0.3 is 5.97 Å². The van der Waals surface area contributed by atoms with Crippen molar-refractivity contribution in [2.75, 3.05) is 0 Å². The van der Waals surface area contributed by atoms with Gasteiger partial charge in [0.15, 0.2) is 0 Å². The zero-order valence-electron chi connectivity index (χ0n) is 11.0. The fraction of sp³-hybridized carbons (Fsp3) is 0.188. The first-order chi connectivity index (χ1) is 9.95. The molecule has 0 amide bonds. The number of carboxylic acid groups (broad SMARTS) is 1. The molecule has 2 rings (SSSR count). The van der Waals surface area contributed by atoms with Crippen LogP contribution in [0.5, 0.6) is 0 Å². The van der Waals surface area contributed by atoms with Crippen LogP contribution in [0.15, 0.2) is 42.5 Å². The summed E-state index contributed by atoms with van der Waals surface area (Å²) in [6.07, 6.45) is 0.157. The summed E-state index contributed by atoms with van der Waals surface area (Å²) in [4.78, 5) is 11.3. The molecule has 0 saturated heterocycles. The average molecular weight is 311 g/mol. The zero-order chi connectivity index (χ0) is 15.4. The quantitative estimate of drug-likeness (QED) is 0.902. The van der Waals surface area contributed by atoms with E-state index in [4.69, 9.17) is 11.6 Å². The second-order valence-electron chi connectivity index (χ2n) is 4.81. The van der Waals surface area contributed by atoms with Crippen LogP contribution in [-0.4, -0.2) is 11.1 Å². The van der Waals surface area contributed by atoms with Gasteiger partial charge in [-0.05, 0) is 54.3 Å². The molecule has 5 heteroatoms. The Morgan fingerprint density at radius 2 is 1.76 bits per heavy atom. The fourth-order valence-electron chi connectivity index (χ4n) is 2.12. The van der Waals surface area contributed by atoms with E-state index in [1.807, 2.05) is 0 Å². The second-order valence-corrected chi connectivity index (χ2v) is 5.24. The third-order valence-corrected chi connectivity index (χ3v) is 3.47. The highest BCUT2D eigenvalue weighted by atomic mass is 35.5. The van der Waals surface area contributed by atoms with Crippen LogP contribution in [0, 0.1) is 17.6 Å². The molecule has 0 radical (unpaired) electrons. The van der Waals surface area contributed by atoms with Crippen molar-refractivity contribution in [1.29, 1.82) is 0 Å². The number of hydrogen-bond donors (Lipinski definition) is 1. The van der Waals surface area contributed by atoms with Crippen molar-refractivity contribution in [3.05, 3.63) is 70.2 Å². The van der Waals surface area contributed by atoms with E-state index < -0.39 is 23.5 Å². The van der Waals surface area contributed by atoms with Crippen LogP contribution in [0.4, 0.5) is 8.78 Å². The van der Waals surface area contributed by atoms with Crippen LogP contribution in [0.2, 0.25) is 5.02 Å². The second kappa shape index (κ2) is 6.68. The minimum absolute atomic E-state index is 0.0661. The summed E-state index contributed by atoms with van der Waals surface area (Å²) in [6, 6.07) is 9.82. The van der Waals surface area contributed by atoms with Crippen LogP contribution < -0.4 is 0 Å². The highest BCUT2D eigenvalue weighted by Gasteiger charge is 2.20. The van der Waals surface area contributed by atoms with E-state index in [0.717, 1.165) is 23.8 Å². The van der Waals surface area contributed by atoms with Gasteiger partial charge in [0.1, 0.15) is 11.6 Å². The highest BCUT2D eigenvalue weighted by Crippen LogP contribution is 2.19. The van der Waals surface area contributed by atoms with Crippen molar-refractivity contribution in [3.8, 4) is 0 Å². The smallest absolute Gasteiger partial charge is 0.307 e. The normalized spacial score (nSPS) is 12.1. The van der Waals surface area contributed by atoms with Crippen molar-refractivity contribution in [2.24, 2.45) is 5.92 Å². The van der Waals surface area contributed by atoms with Crippen LogP contribution in [0.3, 0.4) is 0 Å². The molecule has 1 atom stereocenters. The van der Waals surface area contributed by atoms with Crippen LogP contribution in [-0.2, 0) is 17.6 Å². The molecule has 0 aliphatic heterocycles. The molecule has 0 heterocycles. The number of carboxylic acids is 1. The predicted octanol–water partition coefficient (Wildman–Crippen LogP) is 4.10. The van der Waals surface area contributed by atoms with E-state index in [0.29, 0.717) is 5.02 Å². The van der Waals surface area contributed by atoms with Crippen molar-refractivity contribution < 1.29 is 18.7 Å². The third-order valence-electron chi connectivity index (χ3n) is 3.22. The first-order valence-electron chi connectivity index (χ1n) is 6.37.